The van der Waals surface area contributed by atoms with E-state index in [0.717, 1.165) is 44.1 Å². The van der Waals surface area contributed by atoms with Crippen LogP contribution in [0.5, 0.6) is 0 Å². The van der Waals surface area contributed by atoms with Crippen molar-refractivity contribution in [2.24, 2.45) is 56.7 Å². The molecule has 5 aliphatic carbocycles. The molecule has 0 aromatic carbocycles. The summed E-state index contributed by atoms with van der Waals surface area (Å²) in [5.74, 6) is -3.91. The molecule has 0 aromatic heterocycles. The number of hydrogen-bond acceptors (Lipinski definition) is 6. The normalized spacial score (nSPS) is 47.5. The van der Waals surface area contributed by atoms with Crippen LogP contribution in [-0.2, 0) is 23.9 Å². The molecule has 0 saturated heterocycles. The topological polar surface area (TPSA) is 110 Å². The molecule has 0 radical (unpaired) electrons. The SMILES string of the molecule is C=C(C)[C@@H]1CC[C@@]2(C(=O)O)[C@H]1[C@H]1CC[C@@H]3[C@@]4(C)CC[C@H](O)C(C)(C)[C@@H]4CC[C@@]3(C)[C@]1(C)CC2(OC(C)=O)OC(C)=O. The van der Waals surface area contributed by atoms with E-state index in [1.807, 2.05) is 6.92 Å². The quantitative estimate of drug-likeness (QED) is 0.224. The number of carboxylic acids is 1. The fraction of sp³-hybridized carbons (Fsp3) is 0.853. The molecule has 5 saturated carbocycles. The number of esters is 2. The molecule has 10 atom stereocenters. The van der Waals surface area contributed by atoms with Crippen molar-refractivity contribution in [3.8, 4) is 0 Å². The molecule has 5 rings (SSSR count). The number of fused-ring (bicyclic) bond motifs is 7. The summed E-state index contributed by atoms with van der Waals surface area (Å²) in [6.45, 7) is 20.4. The van der Waals surface area contributed by atoms with Gasteiger partial charge >= 0.3 is 17.9 Å². The predicted molar refractivity (Wildman–Crippen MR) is 154 cm³/mol. The van der Waals surface area contributed by atoms with Gasteiger partial charge in [-0.2, -0.15) is 0 Å². The maximum atomic E-state index is 13.6. The first-order chi connectivity index (χ1) is 18.8. The lowest BCUT2D eigenvalue weighted by Gasteiger charge is -2.73. The molecular weight excluding hydrogens is 520 g/mol. The highest BCUT2D eigenvalue weighted by atomic mass is 16.7. The number of hydrogen-bond donors (Lipinski definition) is 2. The predicted octanol–water partition coefficient (Wildman–Crippen LogP) is 6.52. The van der Waals surface area contributed by atoms with Gasteiger partial charge in [0.1, 0.15) is 5.41 Å². The first-order valence-electron chi connectivity index (χ1n) is 15.8. The Balaban J connectivity index is 1.73. The van der Waals surface area contributed by atoms with Gasteiger partial charge in [-0.3, -0.25) is 14.4 Å². The monoisotopic (exact) mass is 572 g/mol. The van der Waals surface area contributed by atoms with E-state index in [4.69, 9.17) is 9.47 Å². The Morgan fingerprint density at radius 3 is 1.93 bits per heavy atom. The van der Waals surface area contributed by atoms with Gasteiger partial charge in [0, 0.05) is 20.3 Å². The molecular formula is C34H52O7. The van der Waals surface area contributed by atoms with Gasteiger partial charge in [0.05, 0.1) is 6.10 Å². The van der Waals surface area contributed by atoms with Gasteiger partial charge in [-0.1, -0.05) is 46.8 Å². The summed E-state index contributed by atoms with van der Waals surface area (Å²) in [4.78, 5) is 39.1. The van der Waals surface area contributed by atoms with E-state index in [1.165, 1.54) is 13.8 Å². The van der Waals surface area contributed by atoms with Crippen LogP contribution in [0.3, 0.4) is 0 Å². The van der Waals surface area contributed by atoms with Gasteiger partial charge in [0.2, 0.25) is 0 Å². The molecule has 0 bridgehead atoms. The summed E-state index contributed by atoms with van der Waals surface area (Å²) in [5, 5.41) is 22.1. The van der Waals surface area contributed by atoms with Crippen molar-refractivity contribution in [1.82, 2.24) is 0 Å². The van der Waals surface area contributed by atoms with Gasteiger partial charge in [-0.05, 0) is 110 Å². The number of carbonyl (C=O) groups excluding carboxylic acids is 2. The molecule has 5 aliphatic rings. The van der Waals surface area contributed by atoms with Crippen LogP contribution in [0.4, 0.5) is 0 Å². The fourth-order valence-electron chi connectivity index (χ4n) is 12.4. The second-order valence-electron chi connectivity index (χ2n) is 16.0. The van der Waals surface area contributed by atoms with E-state index in [0.29, 0.717) is 18.3 Å². The van der Waals surface area contributed by atoms with E-state index >= 15 is 0 Å². The summed E-state index contributed by atoms with van der Waals surface area (Å²) in [5.41, 5.74) is -1.45. The van der Waals surface area contributed by atoms with Crippen molar-refractivity contribution in [3.05, 3.63) is 12.2 Å². The number of aliphatic carboxylic acids is 1. The molecule has 0 aliphatic heterocycles. The Morgan fingerprint density at radius 2 is 1.39 bits per heavy atom. The van der Waals surface area contributed by atoms with Gasteiger partial charge in [-0.15, -0.1) is 0 Å². The van der Waals surface area contributed by atoms with Crippen LogP contribution in [0, 0.1) is 56.7 Å². The van der Waals surface area contributed by atoms with Crippen molar-refractivity contribution < 1.29 is 34.1 Å². The van der Waals surface area contributed by atoms with E-state index < -0.39 is 34.5 Å². The third-order valence-electron chi connectivity index (χ3n) is 14.1. The maximum Gasteiger partial charge on any atom is 0.317 e. The number of ether oxygens (including phenoxy) is 2. The van der Waals surface area contributed by atoms with Crippen LogP contribution >= 0.6 is 0 Å². The Kier molecular flexibility index (Phi) is 6.94. The fourth-order valence-corrected chi connectivity index (χ4v) is 12.4. The molecule has 0 spiro atoms. The zero-order chi connectivity index (χ0) is 30.6. The molecule has 41 heavy (non-hydrogen) atoms. The first kappa shape index (κ1) is 30.6. The lowest BCUT2D eigenvalue weighted by Crippen LogP contribution is -2.73. The van der Waals surface area contributed by atoms with E-state index in [-0.39, 0.29) is 52.9 Å². The van der Waals surface area contributed by atoms with Crippen LogP contribution in [0.1, 0.15) is 113 Å². The Labute approximate surface area is 245 Å². The summed E-state index contributed by atoms with van der Waals surface area (Å²) in [7, 11) is 0. The minimum absolute atomic E-state index is 0.0139. The second-order valence-corrected chi connectivity index (χ2v) is 16.0. The Bertz CT molecular complexity index is 1140. The van der Waals surface area contributed by atoms with Gasteiger partial charge < -0.3 is 19.7 Å². The zero-order valence-electron chi connectivity index (χ0n) is 26.5. The summed E-state index contributed by atoms with van der Waals surface area (Å²) in [6.07, 6.45) is 6.25. The van der Waals surface area contributed by atoms with Crippen LogP contribution in [0.25, 0.3) is 0 Å². The van der Waals surface area contributed by atoms with E-state index in [1.54, 1.807) is 0 Å². The highest BCUT2D eigenvalue weighted by Crippen LogP contribution is 2.79. The highest BCUT2D eigenvalue weighted by Gasteiger charge is 2.80. The standard InChI is InChI=1S/C34H52O7/c1-19(2)22-12-17-33(28(38)39)27(22)23-10-11-25-30(7)15-14-26(37)29(5,6)24(30)13-16-31(25,8)32(23,9)18-34(33,40-20(3)35)41-21(4)36/h22-27,37H,1,10-18H2,2-9H3,(H,38,39)/t22-,23+,24-,25+,26-,27+,30-,31+,32+,33-/m0/s1. The molecule has 0 heterocycles. The largest absolute Gasteiger partial charge is 0.481 e. The van der Waals surface area contributed by atoms with Crippen LogP contribution < -0.4 is 0 Å². The average molecular weight is 573 g/mol. The lowest BCUT2D eigenvalue weighted by molar-refractivity contribution is -0.343. The average Bonchev–Trinajstić information content (AvgIpc) is 3.24. The third kappa shape index (κ3) is 3.75. The number of aliphatic hydroxyl groups excluding tert-OH is 1. The number of allylic oxidation sites excluding steroid dienone is 1. The molecule has 7 heteroatoms. The first-order valence-corrected chi connectivity index (χ1v) is 15.8. The summed E-state index contributed by atoms with van der Waals surface area (Å²) < 4.78 is 12.2. The highest BCUT2D eigenvalue weighted by molar-refractivity contribution is 5.80. The van der Waals surface area contributed by atoms with Crippen molar-refractivity contribution in [2.45, 2.75) is 125 Å². The van der Waals surface area contributed by atoms with Crippen LogP contribution in [-0.4, -0.2) is 40.0 Å². The molecule has 0 unspecified atom stereocenters. The van der Waals surface area contributed by atoms with Crippen molar-refractivity contribution in [3.63, 3.8) is 0 Å². The second kappa shape index (κ2) is 9.30. The Hall–Kier alpha value is -1.89. The third-order valence-corrected chi connectivity index (χ3v) is 14.1. The van der Waals surface area contributed by atoms with Crippen LogP contribution in [0.15, 0.2) is 12.2 Å². The number of carbonyl (C=O) groups is 3. The maximum absolute atomic E-state index is 13.6. The minimum Gasteiger partial charge on any atom is -0.481 e. The smallest absolute Gasteiger partial charge is 0.317 e. The molecule has 230 valence electrons. The van der Waals surface area contributed by atoms with Crippen molar-refractivity contribution >= 4 is 17.9 Å². The van der Waals surface area contributed by atoms with E-state index in [2.05, 4.69) is 41.2 Å². The zero-order valence-corrected chi connectivity index (χ0v) is 26.5. The number of rotatable bonds is 4. The van der Waals surface area contributed by atoms with Crippen LogP contribution in [0.2, 0.25) is 0 Å². The molecule has 7 nitrogen and oxygen atoms in total. The van der Waals surface area contributed by atoms with Crippen molar-refractivity contribution in [2.75, 3.05) is 0 Å². The Morgan fingerprint density at radius 1 is 0.780 bits per heavy atom. The molecule has 0 amide bonds. The van der Waals surface area contributed by atoms with E-state index in [9.17, 15) is 24.6 Å². The number of carboxylic acid groups (broad SMARTS) is 1. The van der Waals surface area contributed by atoms with Gasteiger partial charge in [-0.25, -0.2) is 0 Å². The summed E-state index contributed by atoms with van der Waals surface area (Å²) >= 11 is 0. The van der Waals surface area contributed by atoms with Gasteiger partial charge in [0.15, 0.2) is 0 Å². The number of aliphatic hydroxyl groups is 1. The van der Waals surface area contributed by atoms with Crippen molar-refractivity contribution in [1.29, 1.82) is 0 Å². The lowest BCUT2D eigenvalue weighted by atomic mass is 9.31. The minimum atomic E-state index is -1.90. The molecule has 2 N–H and O–H groups in total. The molecule has 0 aromatic rings. The van der Waals surface area contributed by atoms with Gasteiger partial charge in [0.25, 0.3) is 5.79 Å². The summed E-state index contributed by atoms with van der Waals surface area (Å²) in [6, 6.07) is 0. The molecule has 5 fully saturated rings.